The van der Waals surface area contributed by atoms with Crippen LogP contribution in [0.4, 0.5) is 0 Å². The molecule has 0 radical (unpaired) electrons. The number of carbonyl (C=O) groups is 1. The van der Waals surface area contributed by atoms with Crippen LogP contribution in [0.25, 0.3) is 10.9 Å². The van der Waals surface area contributed by atoms with Crippen molar-refractivity contribution < 1.29 is 13.2 Å². The van der Waals surface area contributed by atoms with Crippen molar-refractivity contribution in [3.63, 3.8) is 0 Å². The van der Waals surface area contributed by atoms with Crippen LogP contribution in [0.5, 0.6) is 0 Å². The van der Waals surface area contributed by atoms with E-state index in [-0.39, 0.29) is 5.91 Å². The lowest BCUT2D eigenvalue weighted by atomic mass is 10.1. The maximum Gasteiger partial charge on any atom is 0.243 e. The van der Waals surface area contributed by atoms with E-state index in [4.69, 9.17) is 0 Å². The molecule has 1 aliphatic rings. The first-order chi connectivity index (χ1) is 14.4. The third-order valence-electron chi connectivity index (χ3n) is 5.76. The van der Waals surface area contributed by atoms with E-state index in [9.17, 15) is 13.2 Å². The predicted molar refractivity (Wildman–Crippen MR) is 118 cm³/mol. The molecule has 158 valence electrons. The lowest BCUT2D eigenvalue weighted by Gasteiger charge is -2.34. The largest absolute Gasteiger partial charge is 0.361 e. The number of nitrogens with zero attached hydrogens (tertiary/aromatic N) is 2. The maximum atomic E-state index is 12.8. The van der Waals surface area contributed by atoms with Crippen LogP contribution < -0.4 is 0 Å². The molecule has 1 N–H and O–H groups in total. The normalized spacial score (nSPS) is 15.6. The molecule has 0 spiro atoms. The fourth-order valence-electron chi connectivity index (χ4n) is 3.96. The number of rotatable bonds is 6. The van der Waals surface area contributed by atoms with E-state index in [0.29, 0.717) is 37.5 Å². The molecule has 0 aliphatic carbocycles. The molecule has 4 rings (SSSR count). The molecular formula is C23H27N3O3S. The zero-order valence-corrected chi connectivity index (χ0v) is 18.0. The SMILES string of the molecule is Cc1ccc(S(=O)(=O)N2CCN(C(=O)CCCc3c[nH]c4ccccc34)CC2)cc1. The molecule has 6 nitrogen and oxygen atoms in total. The van der Waals surface area contributed by atoms with Gasteiger partial charge in [-0.05, 0) is 43.5 Å². The summed E-state index contributed by atoms with van der Waals surface area (Å²) in [5, 5.41) is 1.21. The van der Waals surface area contributed by atoms with Crippen LogP contribution in [0.2, 0.25) is 0 Å². The molecule has 2 aromatic carbocycles. The summed E-state index contributed by atoms with van der Waals surface area (Å²) >= 11 is 0. The Balaban J connectivity index is 1.28. The van der Waals surface area contributed by atoms with Gasteiger partial charge in [-0.25, -0.2) is 8.42 Å². The Morgan fingerprint density at radius 3 is 2.43 bits per heavy atom. The average molecular weight is 426 g/mol. The Labute approximate surface area is 177 Å². The van der Waals surface area contributed by atoms with Crippen molar-refractivity contribution in [1.29, 1.82) is 0 Å². The summed E-state index contributed by atoms with van der Waals surface area (Å²) in [6, 6.07) is 15.1. The van der Waals surface area contributed by atoms with Crippen LogP contribution in [0.3, 0.4) is 0 Å². The number of carbonyl (C=O) groups excluding carboxylic acids is 1. The molecule has 1 amide bonds. The van der Waals surface area contributed by atoms with Gasteiger partial charge >= 0.3 is 0 Å². The highest BCUT2D eigenvalue weighted by Gasteiger charge is 2.29. The Bertz CT molecular complexity index is 1130. The quantitative estimate of drug-likeness (QED) is 0.658. The Morgan fingerprint density at radius 2 is 1.70 bits per heavy atom. The molecule has 7 heteroatoms. The highest BCUT2D eigenvalue weighted by molar-refractivity contribution is 7.89. The first kappa shape index (κ1) is 20.6. The lowest BCUT2D eigenvalue weighted by Crippen LogP contribution is -2.50. The van der Waals surface area contributed by atoms with Crippen molar-refractivity contribution in [2.75, 3.05) is 26.2 Å². The van der Waals surface area contributed by atoms with Gasteiger partial charge in [0.2, 0.25) is 15.9 Å². The van der Waals surface area contributed by atoms with Gasteiger partial charge in [-0.1, -0.05) is 35.9 Å². The Morgan fingerprint density at radius 1 is 1.00 bits per heavy atom. The number of para-hydroxylation sites is 1. The van der Waals surface area contributed by atoms with Gasteiger partial charge in [0.15, 0.2) is 0 Å². The third kappa shape index (κ3) is 4.27. The number of aryl methyl sites for hydroxylation is 2. The van der Waals surface area contributed by atoms with Gasteiger partial charge in [0.1, 0.15) is 0 Å². The summed E-state index contributed by atoms with van der Waals surface area (Å²) in [6.45, 7) is 3.49. The van der Waals surface area contributed by atoms with Gasteiger partial charge in [0.05, 0.1) is 4.90 Å². The van der Waals surface area contributed by atoms with Crippen molar-refractivity contribution in [1.82, 2.24) is 14.2 Å². The number of hydrogen-bond acceptors (Lipinski definition) is 3. The molecule has 3 aromatic rings. The van der Waals surface area contributed by atoms with Crippen molar-refractivity contribution in [2.45, 2.75) is 31.1 Å². The summed E-state index contributed by atoms with van der Waals surface area (Å²) in [6.07, 6.45) is 4.12. The van der Waals surface area contributed by atoms with E-state index in [2.05, 4.69) is 11.1 Å². The van der Waals surface area contributed by atoms with E-state index in [0.717, 1.165) is 23.9 Å². The van der Waals surface area contributed by atoms with E-state index in [1.54, 1.807) is 29.2 Å². The van der Waals surface area contributed by atoms with Gasteiger partial charge in [-0.15, -0.1) is 0 Å². The molecule has 1 aromatic heterocycles. The highest BCUT2D eigenvalue weighted by atomic mass is 32.2. The second kappa shape index (κ2) is 8.62. The Kier molecular flexibility index (Phi) is 5.92. The minimum atomic E-state index is -3.50. The van der Waals surface area contributed by atoms with E-state index in [1.165, 1.54) is 15.3 Å². The molecule has 0 atom stereocenters. The van der Waals surface area contributed by atoms with Crippen LogP contribution in [0.15, 0.2) is 59.6 Å². The van der Waals surface area contributed by atoms with E-state index in [1.807, 2.05) is 31.3 Å². The van der Waals surface area contributed by atoms with Crippen LogP contribution in [-0.4, -0.2) is 54.7 Å². The number of benzene rings is 2. The molecule has 0 unspecified atom stereocenters. The summed E-state index contributed by atoms with van der Waals surface area (Å²) in [5.41, 5.74) is 3.37. The van der Waals surface area contributed by atoms with Crippen LogP contribution in [0, 0.1) is 6.92 Å². The van der Waals surface area contributed by atoms with Gasteiger partial charge in [0.25, 0.3) is 0 Å². The lowest BCUT2D eigenvalue weighted by molar-refractivity contribution is -0.132. The molecule has 1 aliphatic heterocycles. The summed E-state index contributed by atoms with van der Waals surface area (Å²) in [4.78, 5) is 18.0. The van der Waals surface area contributed by atoms with Crippen molar-refractivity contribution in [3.05, 3.63) is 65.9 Å². The fourth-order valence-corrected chi connectivity index (χ4v) is 5.39. The minimum absolute atomic E-state index is 0.0993. The molecule has 1 saturated heterocycles. The second-order valence-corrected chi connectivity index (χ2v) is 9.75. The Hall–Kier alpha value is -2.64. The van der Waals surface area contributed by atoms with Gasteiger partial charge < -0.3 is 9.88 Å². The summed E-state index contributed by atoms with van der Waals surface area (Å²) < 4.78 is 27.1. The molecule has 2 heterocycles. The molecule has 30 heavy (non-hydrogen) atoms. The van der Waals surface area contributed by atoms with Crippen LogP contribution >= 0.6 is 0 Å². The monoisotopic (exact) mass is 425 g/mol. The number of piperazine rings is 1. The third-order valence-corrected chi connectivity index (χ3v) is 7.67. The summed E-state index contributed by atoms with van der Waals surface area (Å²) in [5.74, 6) is 0.0993. The zero-order valence-electron chi connectivity index (χ0n) is 17.2. The van der Waals surface area contributed by atoms with Crippen molar-refractivity contribution in [2.24, 2.45) is 0 Å². The first-order valence-electron chi connectivity index (χ1n) is 10.3. The highest BCUT2D eigenvalue weighted by Crippen LogP contribution is 2.21. The second-order valence-electron chi connectivity index (χ2n) is 7.81. The number of hydrogen-bond donors (Lipinski definition) is 1. The number of nitrogens with one attached hydrogen (secondary N) is 1. The smallest absolute Gasteiger partial charge is 0.243 e. The van der Waals surface area contributed by atoms with Crippen LogP contribution in [-0.2, 0) is 21.2 Å². The predicted octanol–water partition coefficient (Wildman–Crippen LogP) is 3.33. The van der Waals surface area contributed by atoms with E-state index < -0.39 is 10.0 Å². The number of amides is 1. The van der Waals surface area contributed by atoms with E-state index >= 15 is 0 Å². The summed E-state index contributed by atoms with van der Waals surface area (Å²) in [7, 11) is -3.50. The topological polar surface area (TPSA) is 73.5 Å². The number of fused-ring (bicyclic) bond motifs is 1. The zero-order chi connectivity index (χ0) is 21.1. The number of sulfonamides is 1. The first-order valence-corrected chi connectivity index (χ1v) is 11.8. The molecule has 1 fully saturated rings. The number of aromatic nitrogens is 1. The van der Waals surface area contributed by atoms with Gasteiger partial charge in [-0.2, -0.15) is 4.31 Å². The van der Waals surface area contributed by atoms with Crippen molar-refractivity contribution >= 4 is 26.8 Å². The molecular weight excluding hydrogens is 398 g/mol. The molecule has 0 bridgehead atoms. The number of H-pyrrole nitrogens is 1. The standard InChI is InChI=1S/C23H27N3O3S/c1-18-9-11-20(12-10-18)30(28,29)26-15-13-25(14-16-26)23(27)8-4-5-19-17-24-22-7-3-2-6-21(19)22/h2-3,6-7,9-12,17,24H,4-5,8,13-16H2,1H3. The maximum absolute atomic E-state index is 12.8. The average Bonchev–Trinajstić information content (AvgIpc) is 3.17. The number of aromatic amines is 1. The van der Waals surface area contributed by atoms with Crippen LogP contribution in [0.1, 0.15) is 24.0 Å². The van der Waals surface area contributed by atoms with Crippen molar-refractivity contribution in [3.8, 4) is 0 Å². The van der Waals surface area contributed by atoms with Gasteiger partial charge in [0, 0.05) is 49.7 Å². The minimum Gasteiger partial charge on any atom is -0.361 e. The fraction of sp³-hybridized carbons (Fsp3) is 0.348. The van der Waals surface area contributed by atoms with Gasteiger partial charge in [-0.3, -0.25) is 4.79 Å². The molecule has 0 saturated carbocycles.